The lowest BCUT2D eigenvalue weighted by Crippen LogP contribution is -2.47. The molecule has 5 heteroatoms. The van der Waals surface area contributed by atoms with Crippen molar-refractivity contribution in [2.75, 3.05) is 17.4 Å². The second-order valence-electron chi connectivity index (χ2n) is 9.86. The van der Waals surface area contributed by atoms with Crippen molar-refractivity contribution in [3.8, 4) is 0 Å². The maximum atomic E-state index is 13.8. The van der Waals surface area contributed by atoms with Gasteiger partial charge in [-0.05, 0) is 73.6 Å². The molecule has 0 amide bonds. The molecule has 0 bridgehead atoms. The quantitative estimate of drug-likeness (QED) is 0.402. The van der Waals surface area contributed by atoms with E-state index in [2.05, 4.69) is 43.0 Å². The summed E-state index contributed by atoms with van der Waals surface area (Å²) in [5, 5.41) is 0. The summed E-state index contributed by atoms with van der Waals surface area (Å²) in [4.78, 5) is 2.80. The smallest absolute Gasteiger partial charge is 0.264 e. The number of anilines is 1. The predicted octanol–water partition coefficient (Wildman–Crippen LogP) is 6.29. The standard InChI is InChI=1S/C29H36N2O2S/c1-22(2)26-12-10-25(11-13-26)21-30-18-16-28(17-19-30)31(27-14-8-23(3)9-15-27)34(32,33)29-7-5-6-24(4)20-29/h5-15,20,22,28H,16-19,21H2,1-4H3. The van der Waals surface area contributed by atoms with Crippen molar-refractivity contribution in [1.29, 1.82) is 0 Å². The van der Waals surface area contributed by atoms with E-state index in [0.717, 1.165) is 49.3 Å². The van der Waals surface area contributed by atoms with Crippen LogP contribution in [0.2, 0.25) is 0 Å². The van der Waals surface area contributed by atoms with Crippen LogP contribution in [0.3, 0.4) is 0 Å². The van der Waals surface area contributed by atoms with Crippen LogP contribution in [-0.4, -0.2) is 32.4 Å². The fourth-order valence-electron chi connectivity index (χ4n) is 4.70. The number of hydrogen-bond donors (Lipinski definition) is 0. The Balaban J connectivity index is 1.53. The topological polar surface area (TPSA) is 40.6 Å². The minimum atomic E-state index is -3.66. The molecule has 4 nitrogen and oxygen atoms in total. The van der Waals surface area contributed by atoms with Gasteiger partial charge in [0, 0.05) is 25.7 Å². The fraction of sp³-hybridized carbons (Fsp3) is 0.379. The van der Waals surface area contributed by atoms with Crippen molar-refractivity contribution in [3.63, 3.8) is 0 Å². The molecule has 0 N–H and O–H groups in total. The molecule has 0 aromatic heterocycles. The molecule has 1 aliphatic rings. The van der Waals surface area contributed by atoms with Gasteiger partial charge in [-0.2, -0.15) is 0 Å². The summed E-state index contributed by atoms with van der Waals surface area (Å²) in [5.74, 6) is 0.535. The molecule has 1 heterocycles. The predicted molar refractivity (Wildman–Crippen MR) is 141 cm³/mol. The lowest BCUT2D eigenvalue weighted by atomic mass is 10.0. The molecule has 1 saturated heterocycles. The Labute approximate surface area is 205 Å². The fourth-order valence-corrected chi connectivity index (χ4v) is 6.52. The Morgan fingerprint density at radius 3 is 2.12 bits per heavy atom. The van der Waals surface area contributed by atoms with E-state index in [1.807, 2.05) is 50.2 Å². The van der Waals surface area contributed by atoms with Crippen molar-refractivity contribution in [1.82, 2.24) is 4.90 Å². The molecule has 3 aromatic carbocycles. The van der Waals surface area contributed by atoms with Gasteiger partial charge in [0.1, 0.15) is 0 Å². The van der Waals surface area contributed by atoms with Crippen LogP contribution < -0.4 is 4.31 Å². The van der Waals surface area contributed by atoms with Crippen LogP contribution in [0, 0.1) is 13.8 Å². The monoisotopic (exact) mass is 476 g/mol. The molecule has 0 saturated carbocycles. The molecule has 3 aromatic rings. The third kappa shape index (κ3) is 5.53. The Hall–Kier alpha value is -2.63. The van der Waals surface area contributed by atoms with Crippen molar-refractivity contribution in [3.05, 3.63) is 95.1 Å². The van der Waals surface area contributed by atoms with Crippen LogP contribution in [0.1, 0.15) is 54.9 Å². The van der Waals surface area contributed by atoms with Crippen LogP contribution in [0.4, 0.5) is 5.69 Å². The molecule has 34 heavy (non-hydrogen) atoms. The molecule has 0 atom stereocenters. The lowest BCUT2D eigenvalue weighted by molar-refractivity contribution is 0.206. The highest BCUT2D eigenvalue weighted by Crippen LogP contribution is 2.31. The Morgan fingerprint density at radius 2 is 1.53 bits per heavy atom. The minimum absolute atomic E-state index is 0.0622. The first-order valence-corrected chi connectivity index (χ1v) is 13.7. The Kier molecular flexibility index (Phi) is 7.44. The van der Waals surface area contributed by atoms with Crippen LogP contribution in [0.5, 0.6) is 0 Å². The average molecular weight is 477 g/mol. The van der Waals surface area contributed by atoms with Gasteiger partial charge in [0.2, 0.25) is 0 Å². The summed E-state index contributed by atoms with van der Waals surface area (Å²) >= 11 is 0. The van der Waals surface area contributed by atoms with Crippen LogP contribution in [0.25, 0.3) is 0 Å². The summed E-state index contributed by atoms with van der Waals surface area (Å²) in [5.41, 5.74) is 5.48. The summed E-state index contributed by atoms with van der Waals surface area (Å²) in [6.07, 6.45) is 1.62. The Bertz CT molecular complexity index is 1190. The van der Waals surface area contributed by atoms with E-state index in [1.165, 1.54) is 11.1 Å². The first-order valence-electron chi connectivity index (χ1n) is 12.2. The van der Waals surface area contributed by atoms with E-state index in [-0.39, 0.29) is 6.04 Å². The number of aryl methyl sites for hydroxylation is 2. The molecular weight excluding hydrogens is 440 g/mol. The van der Waals surface area contributed by atoms with Gasteiger partial charge >= 0.3 is 0 Å². The number of benzene rings is 3. The summed E-state index contributed by atoms with van der Waals surface area (Å²) in [6, 6.07) is 23.9. The summed E-state index contributed by atoms with van der Waals surface area (Å²) in [6.45, 7) is 11.0. The highest BCUT2D eigenvalue weighted by atomic mass is 32.2. The molecule has 0 unspecified atom stereocenters. The molecule has 0 spiro atoms. The average Bonchev–Trinajstić information content (AvgIpc) is 2.82. The third-order valence-corrected chi connectivity index (χ3v) is 8.65. The first kappa shape index (κ1) is 24.5. The highest BCUT2D eigenvalue weighted by molar-refractivity contribution is 7.92. The second-order valence-corrected chi connectivity index (χ2v) is 11.7. The number of rotatable bonds is 7. The van der Waals surface area contributed by atoms with E-state index in [1.54, 1.807) is 16.4 Å². The molecular formula is C29H36N2O2S. The lowest BCUT2D eigenvalue weighted by Gasteiger charge is -2.39. The van der Waals surface area contributed by atoms with Gasteiger partial charge in [0.15, 0.2) is 0 Å². The molecule has 4 rings (SSSR count). The molecule has 1 fully saturated rings. The van der Waals surface area contributed by atoms with E-state index < -0.39 is 10.0 Å². The number of piperidine rings is 1. The van der Waals surface area contributed by atoms with Gasteiger partial charge in [0.05, 0.1) is 10.6 Å². The number of sulfonamides is 1. The maximum Gasteiger partial charge on any atom is 0.264 e. The van der Waals surface area contributed by atoms with E-state index in [0.29, 0.717) is 10.8 Å². The van der Waals surface area contributed by atoms with Gasteiger partial charge in [-0.25, -0.2) is 8.42 Å². The van der Waals surface area contributed by atoms with Gasteiger partial charge < -0.3 is 0 Å². The Morgan fingerprint density at radius 1 is 0.882 bits per heavy atom. The SMILES string of the molecule is Cc1ccc(N(C2CCN(Cc3ccc(C(C)C)cc3)CC2)S(=O)(=O)c2cccc(C)c2)cc1. The van der Waals surface area contributed by atoms with Gasteiger partial charge in [-0.1, -0.05) is 67.9 Å². The number of nitrogens with zero attached hydrogens (tertiary/aromatic N) is 2. The van der Waals surface area contributed by atoms with Crippen molar-refractivity contribution in [2.24, 2.45) is 0 Å². The molecule has 0 radical (unpaired) electrons. The zero-order valence-electron chi connectivity index (χ0n) is 20.7. The van der Waals surface area contributed by atoms with Crippen molar-refractivity contribution >= 4 is 15.7 Å². The van der Waals surface area contributed by atoms with Crippen LogP contribution in [-0.2, 0) is 16.6 Å². The van der Waals surface area contributed by atoms with Crippen molar-refractivity contribution < 1.29 is 8.42 Å². The van der Waals surface area contributed by atoms with Gasteiger partial charge in [0.25, 0.3) is 10.0 Å². The largest absolute Gasteiger partial charge is 0.299 e. The van der Waals surface area contributed by atoms with Crippen molar-refractivity contribution in [2.45, 2.75) is 63.9 Å². The van der Waals surface area contributed by atoms with Crippen LogP contribution >= 0.6 is 0 Å². The summed E-state index contributed by atoms with van der Waals surface area (Å²) < 4.78 is 29.4. The zero-order valence-corrected chi connectivity index (χ0v) is 21.6. The number of likely N-dealkylation sites (tertiary alicyclic amines) is 1. The van der Waals surface area contributed by atoms with E-state index in [9.17, 15) is 8.42 Å². The third-order valence-electron chi connectivity index (χ3n) is 6.78. The maximum absolute atomic E-state index is 13.8. The minimum Gasteiger partial charge on any atom is -0.299 e. The van der Waals surface area contributed by atoms with E-state index >= 15 is 0 Å². The van der Waals surface area contributed by atoms with Gasteiger partial charge in [-0.3, -0.25) is 9.21 Å². The molecule has 180 valence electrons. The zero-order chi connectivity index (χ0) is 24.3. The first-order chi connectivity index (χ1) is 16.2. The van der Waals surface area contributed by atoms with E-state index in [4.69, 9.17) is 0 Å². The van der Waals surface area contributed by atoms with Crippen LogP contribution in [0.15, 0.2) is 77.7 Å². The second kappa shape index (κ2) is 10.3. The van der Waals surface area contributed by atoms with Gasteiger partial charge in [-0.15, -0.1) is 0 Å². The highest BCUT2D eigenvalue weighted by Gasteiger charge is 2.34. The molecule has 0 aliphatic carbocycles. The number of hydrogen-bond acceptors (Lipinski definition) is 3. The normalized spacial score (nSPS) is 15.6. The molecule has 1 aliphatic heterocycles. The summed E-state index contributed by atoms with van der Waals surface area (Å²) in [7, 11) is -3.66.